The zero-order valence-corrected chi connectivity index (χ0v) is 12.4. The molecule has 0 aromatic heterocycles. The van der Waals surface area contributed by atoms with Gasteiger partial charge in [-0.05, 0) is 23.0 Å². The summed E-state index contributed by atoms with van der Waals surface area (Å²) in [4.78, 5) is 22.1. The minimum Gasteiger partial charge on any atom is -0.480 e. The molecule has 2 N–H and O–H groups in total. The lowest BCUT2D eigenvalue weighted by atomic mass is 9.88. The quantitative estimate of drug-likeness (QED) is 0.894. The van der Waals surface area contributed by atoms with E-state index in [9.17, 15) is 9.59 Å². The molecule has 5 heteroatoms. The van der Waals surface area contributed by atoms with E-state index in [0.717, 1.165) is 0 Å². The first kappa shape index (κ1) is 14.1. The topological polar surface area (TPSA) is 75.6 Å². The largest absolute Gasteiger partial charge is 0.480 e. The van der Waals surface area contributed by atoms with Crippen LogP contribution in [0.3, 0.4) is 0 Å². The Hall–Kier alpha value is -2.56. The van der Waals surface area contributed by atoms with Crippen LogP contribution in [0.4, 0.5) is 4.79 Å². The highest BCUT2D eigenvalue weighted by molar-refractivity contribution is 5.76. The Bertz CT molecular complexity index is 738. The van der Waals surface area contributed by atoms with Crippen LogP contribution in [0.25, 0.3) is 0 Å². The van der Waals surface area contributed by atoms with Gasteiger partial charge in [0.1, 0.15) is 13.2 Å². The second-order valence-electron chi connectivity index (χ2n) is 6.27. The predicted molar refractivity (Wildman–Crippen MR) is 83.1 cm³/mol. The number of amides is 1. The van der Waals surface area contributed by atoms with Crippen LogP contribution in [0, 0.1) is 11.8 Å². The first-order valence-corrected chi connectivity index (χ1v) is 7.72. The number of carboxylic acids is 1. The molecule has 3 aliphatic carbocycles. The van der Waals surface area contributed by atoms with Crippen LogP contribution in [-0.4, -0.2) is 30.3 Å². The summed E-state index contributed by atoms with van der Waals surface area (Å²) in [6.07, 6.45) is 7.99. The smallest absolute Gasteiger partial charge is 0.407 e. The van der Waals surface area contributed by atoms with Gasteiger partial charge < -0.3 is 15.2 Å². The van der Waals surface area contributed by atoms with Gasteiger partial charge in [-0.15, -0.1) is 0 Å². The van der Waals surface area contributed by atoms with E-state index < -0.39 is 18.6 Å². The lowest BCUT2D eigenvalue weighted by Gasteiger charge is -2.18. The number of benzene rings is 1. The molecule has 23 heavy (non-hydrogen) atoms. The van der Waals surface area contributed by atoms with Crippen LogP contribution >= 0.6 is 0 Å². The van der Waals surface area contributed by atoms with Crippen LogP contribution in [0.15, 0.2) is 48.6 Å². The van der Waals surface area contributed by atoms with Gasteiger partial charge in [0.25, 0.3) is 0 Å². The predicted octanol–water partition coefficient (Wildman–Crippen LogP) is 2.20. The number of ether oxygens (including phenoxy) is 1. The van der Waals surface area contributed by atoms with Crippen molar-refractivity contribution >= 4 is 12.1 Å². The van der Waals surface area contributed by atoms with E-state index in [4.69, 9.17) is 9.84 Å². The van der Waals surface area contributed by atoms with Crippen LogP contribution in [-0.2, 0) is 14.9 Å². The van der Waals surface area contributed by atoms with Crippen molar-refractivity contribution in [2.24, 2.45) is 11.8 Å². The molecular weight excluding hydrogens is 294 g/mol. The number of fused-ring (bicyclic) bond motifs is 2. The minimum atomic E-state index is -1.09. The molecular formula is C18H17NO4. The lowest BCUT2D eigenvalue weighted by molar-refractivity contribution is -0.135. The van der Waals surface area contributed by atoms with E-state index in [1.54, 1.807) is 0 Å². The molecule has 1 fully saturated rings. The molecule has 3 unspecified atom stereocenters. The summed E-state index contributed by atoms with van der Waals surface area (Å²) in [6.45, 7) is -0.158. The molecule has 0 aliphatic heterocycles. The highest BCUT2D eigenvalue weighted by atomic mass is 16.5. The molecule has 1 aromatic rings. The molecule has 4 atom stereocenters. The Balaban J connectivity index is 1.52. The highest BCUT2D eigenvalue weighted by Crippen LogP contribution is 2.73. The van der Waals surface area contributed by atoms with Gasteiger partial charge in [-0.1, -0.05) is 48.6 Å². The van der Waals surface area contributed by atoms with Gasteiger partial charge in [-0.3, -0.25) is 4.79 Å². The Labute approximate surface area is 133 Å². The van der Waals surface area contributed by atoms with Crippen molar-refractivity contribution in [2.45, 2.75) is 11.3 Å². The summed E-state index contributed by atoms with van der Waals surface area (Å²) >= 11 is 0. The first-order chi connectivity index (χ1) is 11.1. The van der Waals surface area contributed by atoms with Gasteiger partial charge >= 0.3 is 12.1 Å². The van der Waals surface area contributed by atoms with E-state index in [2.05, 4.69) is 47.8 Å². The number of nitrogens with one attached hydrogen (secondary N) is 1. The number of carbonyl (C=O) groups is 2. The monoisotopic (exact) mass is 311 g/mol. The summed E-state index contributed by atoms with van der Waals surface area (Å²) in [5.41, 5.74) is 2.63. The minimum absolute atomic E-state index is 0.0664. The number of carbonyl (C=O) groups excluding carboxylic acids is 1. The summed E-state index contributed by atoms with van der Waals surface area (Å²) in [7, 11) is 0. The molecule has 0 heterocycles. The average Bonchev–Trinajstić information content (AvgIpc) is 3.16. The van der Waals surface area contributed by atoms with E-state index >= 15 is 0 Å². The third-order valence-corrected chi connectivity index (χ3v) is 5.22. The number of aliphatic carboxylic acids is 1. The fraction of sp³-hybridized carbons (Fsp3) is 0.333. The summed E-state index contributed by atoms with van der Waals surface area (Å²) in [5.74, 6) is -0.0463. The molecule has 1 aromatic carbocycles. The van der Waals surface area contributed by atoms with Crippen LogP contribution < -0.4 is 5.32 Å². The normalized spacial score (nSPS) is 31.7. The second kappa shape index (κ2) is 4.98. The molecule has 1 spiro atoms. The second-order valence-corrected chi connectivity index (χ2v) is 6.27. The van der Waals surface area contributed by atoms with E-state index in [1.165, 1.54) is 11.1 Å². The number of alkyl carbamates (subject to hydrolysis) is 1. The van der Waals surface area contributed by atoms with Gasteiger partial charge in [0, 0.05) is 11.3 Å². The zero-order valence-electron chi connectivity index (χ0n) is 12.4. The van der Waals surface area contributed by atoms with Crippen molar-refractivity contribution in [2.75, 3.05) is 13.2 Å². The number of allylic oxidation sites excluding steroid dienone is 4. The molecule has 5 nitrogen and oxygen atoms in total. The fourth-order valence-electron chi connectivity index (χ4n) is 4.36. The molecule has 3 aliphatic rings. The lowest BCUT2D eigenvalue weighted by Crippen LogP contribution is -2.31. The van der Waals surface area contributed by atoms with Crippen molar-refractivity contribution in [1.82, 2.24) is 5.32 Å². The third kappa shape index (κ3) is 2.00. The maximum absolute atomic E-state index is 11.6. The fourth-order valence-corrected chi connectivity index (χ4v) is 4.36. The van der Waals surface area contributed by atoms with Gasteiger partial charge in [-0.2, -0.15) is 0 Å². The SMILES string of the molecule is O=C(O)CNC(=O)OCC1c2ccccc2[C@]23C=CC=CC2C13. The standard InChI is InChI=1S/C18H17NO4/c20-15(21)9-19-17(22)23-10-12-11-5-1-2-6-13(11)18-8-4-3-7-14(18)16(12)18/h1-8,12,14,16H,9-10H2,(H,19,22)(H,20,21)/t12?,14?,16?,18-/m1/s1. The molecule has 4 rings (SSSR count). The Kier molecular flexibility index (Phi) is 3.04. The Morgan fingerprint density at radius 1 is 1.26 bits per heavy atom. The average molecular weight is 311 g/mol. The van der Waals surface area contributed by atoms with Crippen LogP contribution in [0.5, 0.6) is 0 Å². The highest BCUT2D eigenvalue weighted by Gasteiger charge is 2.70. The molecule has 118 valence electrons. The Morgan fingerprint density at radius 3 is 2.91 bits per heavy atom. The number of hydrogen-bond acceptors (Lipinski definition) is 3. The summed E-state index contributed by atoms with van der Waals surface area (Å²) < 4.78 is 5.27. The van der Waals surface area contributed by atoms with Gasteiger partial charge in [-0.25, -0.2) is 4.79 Å². The van der Waals surface area contributed by atoms with Crippen molar-refractivity contribution in [1.29, 1.82) is 0 Å². The maximum Gasteiger partial charge on any atom is 0.407 e. The van der Waals surface area contributed by atoms with Crippen LogP contribution in [0.2, 0.25) is 0 Å². The van der Waals surface area contributed by atoms with Crippen molar-refractivity contribution in [3.8, 4) is 0 Å². The summed E-state index contributed by atoms with van der Waals surface area (Å²) in [5, 5.41) is 10.8. The Morgan fingerprint density at radius 2 is 2.09 bits per heavy atom. The molecule has 0 saturated heterocycles. The third-order valence-electron chi connectivity index (χ3n) is 5.22. The maximum atomic E-state index is 11.6. The summed E-state index contributed by atoms with van der Waals surface area (Å²) in [6, 6.07) is 8.32. The van der Waals surface area contributed by atoms with Crippen molar-refractivity contribution < 1.29 is 19.4 Å². The number of rotatable bonds is 4. The van der Waals surface area contributed by atoms with Crippen LogP contribution in [0.1, 0.15) is 17.0 Å². The van der Waals surface area contributed by atoms with Gasteiger partial charge in [0.05, 0.1) is 0 Å². The molecule has 0 radical (unpaired) electrons. The first-order valence-electron chi connectivity index (χ1n) is 7.72. The van der Waals surface area contributed by atoms with Crippen molar-refractivity contribution in [3.05, 3.63) is 59.7 Å². The van der Waals surface area contributed by atoms with E-state index in [-0.39, 0.29) is 17.9 Å². The number of carboxylic acid groups (broad SMARTS) is 1. The van der Waals surface area contributed by atoms with Crippen molar-refractivity contribution in [3.63, 3.8) is 0 Å². The van der Waals surface area contributed by atoms with Gasteiger partial charge in [0.15, 0.2) is 0 Å². The van der Waals surface area contributed by atoms with Gasteiger partial charge in [0.2, 0.25) is 0 Å². The van der Waals surface area contributed by atoms with E-state index in [1.807, 2.05) is 6.07 Å². The zero-order chi connectivity index (χ0) is 16.0. The molecule has 1 saturated carbocycles. The molecule has 0 bridgehead atoms. The van der Waals surface area contributed by atoms with E-state index in [0.29, 0.717) is 11.8 Å². The number of hydrogen-bond donors (Lipinski definition) is 2. The molecule has 1 amide bonds.